The van der Waals surface area contributed by atoms with Crippen molar-refractivity contribution in [3.63, 3.8) is 0 Å². The average molecular weight is 296 g/mol. The van der Waals surface area contributed by atoms with Gasteiger partial charge in [-0.3, -0.25) is 4.79 Å². The number of benzene rings is 1. The van der Waals surface area contributed by atoms with Crippen LogP contribution in [0.15, 0.2) is 30.3 Å². The number of halogens is 1. The molecule has 5 heteroatoms. The van der Waals surface area contributed by atoms with E-state index in [1.54, 1.807) is 37.3 Å². The highest BCUT2D eigenvalue weighted by Crippen LogP contribution is 2.11. The minimum Gasteiger partial charge on any atom is -0.480 e. The first-order valence-corrected chi connectivity index (χ1v) is 6.78. The monoisotopic (exact) mass is 295 g/mol. The molecule has 1 amide bonds. The molecule has 0 aromatic heterocycles. The van der Waals surface area contributed by atoms with Crippen molar-refractivity contribution in [1.82, 2.24) is 5.32 Å². The first kappa shape index (κ1) is 16.2. The summed E-state index contributed by atoms with van der Waals surface area (Å²) in [5, 5.41) is 12.2. The number of aliphatic carboxylic acids is 1. The summed E-state index contributed by atoms with van der Waals surface area (Å²) in [6.07, 6.45) is 3.61. The van der Waals surface area contributed by atoms with Gasteiger partial charge in [0.05, 0.1) is 0 Å². The molecule has 20 heavy (non-hydrogen) atoms. The van der Waals surface area contributed by atoms with Crippen molar-refractivity contribution in [3.8, 4) is 0 Å². The van der Waals surface area contributed by atoms with E-state index in [-0.39, 0.29) is 5.92 Å². The molecule has 1 aromatic rings. The van der Waals surface area contributed by atoms with E-state index < -0.39 is 17.9 Å². The standard InChI is InChI=1S/C15H18ClNO3/c1-3-10(2)14(15(19)20)17-13(18)9-6-11-4-7-12(16)8-5-11/h4-10,14H,3H2,1-2H3,(H,17,18)(H,19,20)/t10?,14-/m0/s1. The van der Waals surface area contributed by atoms with Crippen molar-refractivity contribution in [3.05, 3.63) is 40.9 Å². The van der Waals surface area contributed by atoms with Gasteiger partial charge in [-0.1, -0.05) is 44.0 Å². The zero-order valence-electron chi connectivity index (χ0n) is 11.5. The summed E-state index contributed by atoms with van der Waals surface area (Å²) in [5.74, 6) is -1.57. The van der Waals surface area contributed by atoms with Crippen LogP contribution in [-0.2, 0) is 9.59 Å². The van der Waals surface area contributed by atoms with Crippen molar-refractivity contribution in [1.29, 1.82) is 0 Å². The summed E-state index contributed by atoms with van der Waals surface area (Å²) in [5.41, 5.74) is 0.819. The molecular weight excluding hydrogens is 278 g/mol. The van der Waals surface area contributed by atoms with Gasteiger partial charge in [-0.25, -0.2) is 4.79 Å². The lowest BCUT2D eigenvalue weighted by Crippen LogP contribution is -2.44. The largest absolute Gasteiger partial charge is 0.480 e. The third kappa shape index (κ3) is 5.05. The Kier molecular flexibility index (Phi) is 6.25. The Hall–Kier alpha value is -1.81. The summed E-state index contributed by atoms with van der Waals surface area (Å²) in [6.45, 7) is 3.68. The Balaban J connectivity index is 2.66. The fourth-order valence-corrected chi connectivity index (χ4v) is 1.76. The van der Waals surface area contributed by atoms with Crippen LogP contribution in [0.2, 0.25) is 5.02 Å². The molecule has 0 saturated carbocycles. The van der Waals surface area contributed by atoms with Gasteiger partial charge in [-0.15, -0.1) is 0 Å². The summed E-state index contributed by atoms with van der Waals surface area (Å²) in [4.78, 5) is 22.8. The van der Waals surface area contributed by atoms with Gasteiger partial charge >= 0.3 is 5.97 Å². The van der Waals surface area contributed by atoms with Crippen molar-refractivity contribution < 1.29 is 14.7 Å². The Morgan fingerprint density at radius 3 is 2.45 bits per heavy atom. The smallest absolute Gasteiger partial charge is 0.326 e. The number of rotatable bonds is 6. The molecule has 4 nitrogen and oxygen atoms in total. The van der Waals surface area contributed by atoms with Gasteiger partial charge in [0, 0.05) is 11.1 Å². The molecule has 0 saturated heterocycles. The first-order valence-electron chi connectivity index (χ1n) is 6.41. The molecule has 0 bridgehead atoms. The fourth-order valence-electron chi connectivity index (χ4n) is 1.63. The molecule has 0 spiro atoms. The number of nitrogens with one attached hydrogen (secondary N) is 1. The predicted octanol–water partition coefficient (Wildman–Crippen LogP) is 2.97. The molecule has 0 radical (unpaired) electrons. The Labute approximate surface area is 123 Å². The predicted molar refractivity (Wildman–Crippen MR) is 79.5 cm³/mol. The number of amides is 1. The number of carboxylic acid groups (broad SMARTS) is 1. The average Bonchev–Trinajstić information content (AvgIpc) is 2.43. The molecule has 2 atom stereocenters. The van der Waals surface area contributed by atoms with E-state index in [1.165, 1.54) is 6.08 Å². The number of hydrogen-bond donors (Lipinski definition) is 2. The topological polar surface area (TPSA) is 66.4 Å². The summed E-state index contributed by atoms with van der Waals surface area (Å²) in [6, 6.07) is 6.11. The second-order valence-electron chi connectivity index (χ2n) is 4.59. The summed E-state index contributed by atoms with van der Waals surface area (Å²) in [7, 11) is 0. The Bertz CT molecular complexity index is 496. The lowest BCUT2D eigenvalue weighted by atomic mass is 9.99. The first-order chi connectivity index (χ1) is 9.43. The Morgan fingerprint density at radius 2 is 1.95 bits per heavy atom. The van der Waals surface area contributed by atoms with E-state index in [2.05, 4.69) is 5.32 Å². The van der Waals surface area contributed by atoms with Crippen LogP contribution in [0.25, 0.3) is 6.08 Å². The molecule has 0 fully saturated rings. The summed E-state index contributed by atoms with van der Waals surface area (Å²) >= 11 is 5.76. The van der Waals surface area contributed by atoms with Gasteiger partial charge in [0.15, 0.2) is 0 Å². The Morgan fingerprint density at radius 1 is 1.35 bits per heavy atom. The molecule has 0 aliphatic rings. The van der Waals surface area contributed by atoms with Crippen LogP contribution in [0, 0.1) is 5.92 Å². The zero-order valence-corrected chi connectivity index (χ0v) is 12.2. The molecule has 1 aromatic carbocycles. The van der Waals surface area contributed by atoms with E-state index in [1.807, 2.05) is 6.92 Å². The van der Waals surface area contributed by atoms with E-state index >= 15 is 0 Å². The molecule has 108 valence electrons. The summed E-state index contributed by atoms with van der Waals surface area (Å²) < 4.78 is 0. The van der Waals surface area contributed by atoms with Gasteiger partial charge in [0.1, 0.15) is 6.04 Å². The van der Waals surface area contributed by atoms with Gasteiger partial charge in [0.2, 0.25) is 5.91 Å². The third-order valence-electron chi connectivity index (χ3n) is 3.07. The van der Waals surface area contributed by atoms with Crippen LogP contribution >= 0.6 is 11.6 Å². The molecule has 0 aliphatic heterocycles. The van der Waals surface area contributed by atoms with Crippen molar-refractivity contribution >= 4 is 29.6 Å². The second-order valence-corrected chi connectivity index (χ2v) is 5.03. The fraction of sp³-hybridized carbons (Fsp3) is 0.333. The van der Waals surface area contributed by atoms with Gasteiger partial charge in [-0.05, 0) is 29.7 Å². The van der Waals surface area contributed by atoms with E-state index in [4.69, 9.17) is 16.7 Å². The zero-order chi connectivity index (χ0) is 15.1. The molecule has 0 aliphatic carbocycles. The maximum absolute atomic E-state index is 11.7. The third-order valence-corrected chi connectivity index (χ3v) is 3.33. The number of hydrogen-bond acceptors (Lipinski definition) is 2. The lowest BCUT2D eigenvalue weighted by Gasteiger charge is -2.19. The van der Waals surface area contributed by atoms with Crippen molar-refractivity contribution in [2.75, 3.05) is 0 Å². The maximum atomic E-state index is 11.7. The highest BCUT2D eigenvalue weighted by atomic mass is 35.5. The van der Waals surface area contributed by atoms with Crippen molar-refractivity contribution in [2.45, 2.75) is 26.3 Å². The minimum absolute atomic E-state index is 0.125. The molecule has 1 unspecified atom stereocenters. The number of carboxylic acids is 1. The van der Waals surface area contributed by atoms with Crippen LogP contribution in [0.5, 0.6) is 0 Å². The van der Waals surface area contributed by atoms with Crippen LogP contribution in [0.4, 0.5) is 0 Å². The van der Waals surface area contributed by atoms with E-state index in [0.717, 1.165) is 5.56 Å². The quantitative estimate of drug-likeness (QED) is 0.793. The SMILES string of the molecule is CCC(C)[C@H](NC(=O)C=Cc1ccc(Cl)cc1)C(=O)O. The van der Waals surface area contributed by atoms with Crippen molar-refractivity contribution in [2.24, 2.45) is 5.92 Å². The second kappa shape index (κ2) is 7.70. The van der Waals surface area contributed by atoms with Gasteiger partial charge in [0.25, 0.3) is 0 Å². The molecule has 1 rings (SSSR count). The van der Waals surface area contributed by atoms with Crippen LogP contribution < -0.4 is 5.32 Å². The maximum Gasteiger partial charge on any atom is 0.326 e. The highest BCUT2D eigenvalue weighted by Gasteiger charge is 2.24. The number of carbonyl (C=O) groups is 2. The minimum atomic E-state index is -1.02. The highest BCUT2D eigenvalue weighted by molar-refractivity contribution is 6.30. The van der Waals surface area contributed by atoms with Crippen LogP contribution in [0.1, 0.15) is 25.8 Å². The molecule has 0 heterocycles. The molecular formula is C15H18ClNO3. The van der Waals surface area contributed by atoms with Crippen LogP contribution in [-0.4, -0.2) is 23.0 Å². The van der Waals surface area contributed by atoms with Gasteiger partial charge in [-0.2, -0.15) is 0 Å². The molecule has 2 N–H and O–H groups in total. The number of carbonyl (C=O) groups excluding carboxylic acids is 1. The van der Waals surface area contributed by atoms with Gasteiger partial charge < -0.3 is 10.4 Å². The normalized spacial score (nSPS) is 13.9. The van der Waals surface area contributed by atoms with Crippen LogP contribution in [0.3, 0.4) is 0 Å². The lowest BCUT2D eigenvalue weighted by molar-refractivity contribution is -0.142. The van der Waals surface area contributed by atoms with E-state index in [9.17, 15) is 9.59 Å². The van der Waals surface area contributed by atoms with E-state index in [0.29, 0.717) is 11.4 Å².